The van der Waals surface area contributed by atoms with Crippen molar-refractivity contribution in [3.8, 4) is 0 Å². The summed E-state index contributed by atoms with van der Waals surface area (Å²) in [5.74, 6) is 0.409. The van der Waals surface area contributed by atoms with E-state index < -0.39 is 6.04 Å². The van der Waals surface area contributed by atoms with Gasteiger partial charge < -0.3 is 14.9 Å². The predicted molar refractivity (Wildman–Crippen MR) is 99.2 cm³/mol. The number of rotatable bonds is 5. The van der Waals surface area contributed by atoms with Crippen LogP contribution in [0.3, 0.4) is 0 Å². The molecule has 134 valence electrons. The fourth-order valence-electron chi connectivity index (χ4n) is 3.31. The molecule has 0 bridgehead atoms. The summed E-state index contributed by atoms with van der Waals surface area (Å²) < 4.78 is 1.88. The second kappa shape index (κ2) is 7.00. The first kappa shape index (κ1) is 17.7. The SMILES string of the molecule is CC(=O)c1c(C)[nH]c(C(=O)N[C@H](c2ccccc2)c2nccn2C)c1C. The largest absolute Gasteiger partial charge is 0.354 e. The third-order valence-electron chi connectivity index (χ3n) is 4.54. The number of carbonyl (C=O) groups excluding carboxylic acids is 2. The smallest absolute Gasteiger partial charge is 0.268 e. The average molecular weight is 350 g/mol. The van der Waals surface area contributed by atoms with Gasteiger partial charge in [-0.15, -0.1) is 0 Å². The van der Waals surface area contributed by atoms with Crippen molar-refractivity contribution in [1.29, 1.82) is 0 Å². The molecule has 26 heavy (non-hydrogen) atoms. The van der Waals surface area contributed by atoms with E-state index >= 15 is 0 Å². The molecule has 2 N–H and O–H groups in total. The summed E-state index contributed by atoms with van der Waals surface area (Å²) in [6, 6.07) is 9.29. The lowest BCUT2D eigenvalue weighted by Crippen LogP contribution is -2.31. The summed E-state index contributed by atoms with van der Waals surface area (Å²) in [6.07, 6.45) is 3.55. The first-order valence-electron chi connectivity index (χ1n) is 8.43. The van der Waals surface area contributed by atoms with Crippen molar-refractivity contribution in [1.82, 2.24) is 19.9 Å². The number of Topliss-reactive ketones (excluding diaryl/α,β-unsaturated/α-hetero) is 1. The topological polar surface area (TPSA) is 79.8 Å². The Morgan fingerprint density at radius 3 is 2.42 bits per heavy atom. The normalized spacial score (nSPS) is 12.0. The van der Waals surface area contributed by atoms with E-state index in [0.29, 0.717) is 22.5 Å². The number of ketones is 1. The highest BCUT2D eigenvalue weighted by molar-refractivity contribution is 6.02. The van der Waals surface area contributed by atoms with Gasteiger partial charge in [0, 0.05) is 30.7 Å². The summed E-state index contributed by atoms with van der Waals surface area (Å²) in [5, 5.41) is 3.05. The van der Waals surface area contributed by atoms with Gasteiger partial charge in [0.05, 0.1) is 0 Å². The Balaban J connectivity index is 1.98. The summed E-state index contributed by atoms with van der Waals surface area (Å²) >= 11 is 0. The van der Waals surface area contributed by atoms with Crippen LogP contribution in [0.5, 0.6) is 0 Å². The van der Waals surface area contributed by atoms with Crippen LogP contribution in [0.1, 0.15) is 56.5 Å². The van der Waals surface area contributed by atoms with E-state index in [1.807, 2.05) is 48.1 Å². The van der Waals surface area contributed by atoms with Crippen LogP contribution in [0.15, 0.2) is 42.7 Å². The number of benzene rings is 1. The zero-order valence-electron chi connectivity index (χ0n) is 15.3. The van der Waals surface area contributed by atoms with Gasteiger partial charge in [-0.1, -0.05) is 30.3 Å². The maximum absolute atomic E-state index is 13.0. The van der Waals surface area contributed by atoms with Crippen LogP contribution >= 0.6 is 0 Å². The summed E-state index contributed by atoms with van der Waals surface area (Å²) in [5.41, 5.74) is 3.28. The molecule has 3 aromatic rings. The summed E-state index contributed by atoms with van der Waals surface area (Å²) in [7, 11) is 1.89. The summed E-state index contributed by atoms with van der Waals surface area (Å²) in [6.45, 7) is 5.09. The van der Waals surface area contributed by atoms with Crippen molar-refractivity contribution in [3.05, 3.63) is 76.6 Å². The van der Waals surface area contributed by atoms with Crippen molar-refractivity contribution in [3.63, 3.8) is 0 Å². The molecule has 0 aliphatic rings. The minimum absolute atomic E-state index is 0.0565. The molecule has 0 aliphatic carbocycles. The lowest BCUT2D eigenvalue weighted by Gasteiger charge is -2.19. The Morgan fingerprint density at radius 2 is 1.88 bits per heavy atom. The molecule has 6 nitrogen and oxygen atoms in total. The average Bonchev–Trinajstić information content (AvgIpc) is 3.16. The second-order valence-electron chi connectivity index (χ2n) is 6.39. The summed E-state index contributed by atoms with van der Waals surface area (Å²) in [4.78, 5) is 32.2. The van der Waals surface area contributed by atoms with Crippen LogP contribution in [-0.4, -0.2) is 26.2 Å². The van der Waals surface area contributed by atoms with Crippen molar-refractivity contribution in [2.75, 3.05) is 0 Å². The molecule has 1 amide bonds. The Kier molecular flexibility index (Phi) is 4.75. The van der Waals surface area contributed by atoms with E-state index in [1.54, 1.807) is 20.0 Å². The number of nitrogens with one attached hydrogen (secondary N) is 2. The monoisotopic (exact) mass is 350 g/mol. The lowest BCUT2D eigenvalue weighted by atomic mass is 10.0. The molecule has 1 aromatic carbocycles. The zero-order chi connectivity index (χ0) is 18.8. The van der Waals surface area contributed by atoms with Gasteiger partial charge in [-0.05, 0) is 31.9 Å². The fraction of sp³-hybridized carbons (Fsp3) is 0.250. The van der Waals surface area contributed by atoms with Crippen LogP contribution in [0.2, 0.25) is 0 Å². The van der Waals surface area contributed by atoms with Gasteiger partial charge in [0.1, 0.15) is 17.6 Å². The third kappa shape index (κ3) is 3.18. The molecule has 0 fully saturated rings. The molecule has 2 heterocycles. The molecule has 1 atom stereocenters. The standard InChI is InChI=1S/C20H22N4O2/c1-12-16(14(3)25)13(2)22-17(12)20(26)23-18(15-8-6-5-7-9-15)19-21-10-11-24(19)4/h5-11,18,22H,1-4H3,(H,23,26)/t18-/m1/s1. The maximum atomic E-state index is 13.0. The number of H-pyrrole nitrogens is 1. The van der Waals surface area contributed by atoms with Crippen LogP contribution in [0.25, 0.3) is 0 Å². The molecule has 3 rings (SSSR count). The number of nitrogens with zero attached hydrogens (tertiary/aromatic N) is 2. The molecule has 0 spiro atoms. The van der Waals surface area contributed by atoms with E-state index in [4.69, 9.17) is 0 Å². The van der Waals surface area contributed by atoms with Crippen molar-refractivity contribution >= 4 is 11.7 Å². The van der Waals surface area contributed by atoms with Gasteiger partial charge in [-0.25, -0.2) is 4.98 Å². The number of aryl methyl sites for hydroxylation is 2. The quantitative estimate of drug-likeness (QED) is 0.694. The number of amides is 1. The first-order valence-corrected chi connectivity index (χ1v) is 8.43. The minimum atomic E-state index is -0.396. The predicted octanol–water partition coefficient (Wildman–Crippen LogP) is 3.09. The van der Waals surface area contributed by atoms with E-state index in [0.717, 1.165) is 11.4 Å². The Bertz CT molecular complexity index is 954. The molecule has 0 unspecified atom stereocenters. The molecular weight excluding hydrogens is 328 g/mol. The molecule has 0 radical (unpaired) electrons. The zero-order valence-corrected chi connectivity index (χ0v) is 15.3. The van der Waals surface area contributed by atoms with Gasteiger partial charge >= 0.3 is 0 Å². The number of imidazole rings is 1. The number of hydrogen-bond acceptors (Lipinski definition) is 3. The van der Waals surface area contributed by atoms with Crippen molar-refractivity contribution in [2.24, 2.45) is 7.05 Å². The number of aromatic nitrogens is 3. The Morgan fingerprint density at radius 1 is 1.19 bits per heavy atom. The fourth-order valence-corrected chi connectivity index (χ4v) is 3.31. The third-order valence-corrected chi connectivity index (χ3v) is 4.54. The van der Waals surface area contributed by atoms with Crippen LogP contribution < -0.4 is 5.32 Å². The lowest BCUT2D eigenvalue weighted by molar-refractivity contribution is 0.0935. The van der Waals surface area contributed by atoms with Gasteiger partial charge in [0.15, 0.2) is 5.78 Å². The van der Waals surface area contributed by atoms with E-state index in [2.05, 4.69) is 15.3 Å². The highest BCUT2D eigenvalue weighted by Crippen LogP contribution is 2.23. The van der Waals surface area contributed by atoms with Crippen molar-refractivity contribution in [2.45, 2.75) is 26.8 Å². The molecule has 0 aliphatic heterocycles. The number of hydrogen-bond donors (Lipinski definition) is 2. The van der Waals surface area contributed by atoms with E-state index in [1.165, 1.54) is 6.92 Å². The molecule has 0 saturated heterocycles. The highest BCUT2D eigenvalue weighted by Gasteiger charge is 2.25. The van der Waals surface area contributed by atoms with Gasteiger partial charge in [-0.3, -0.25) is 9.59 Å². The van der Waals surface area contributed by atoms with Gasteiger partial charge in [0.2, 0.25) is 0 Å². The number of carbonyl (C=O) groups is 2. The van der Waals surface area contributed by atoms with E-state index in [-0.39, 0.29) is 11.7 Å². The van der Waals surface area contributed by atoms with Gasteiger partial charge in [-0.2, -0.15) is 0 Å². The van der Waals surface area contributed by atoms with Crippen LogP contribution in [0, 0.1) is 13.8 Å². The van der Waals surface area contributed by atoms with E-state index in [9.17, 15) is 9.59 Å². The highest BCUT2D eigenvalue weighted by atomic mass is 16.2. The van der Waals surface area contributed by atoms with Crippen molar-refractivity contribution < 1.29 is 9.59 Å². The minimum Gasteiger partial charge on any atom is -0.354 e. The molecule has 2 aromatic heterocycles. The van der Waals surface area contributed by atoms with Crippen LogP contribution in [-0.2, 0) is 7.05 Å². The molecule has 6 heteroatoms. The van der Waals surface area contributed by atoms with Crippen LogP contribution in [0.4, 0.5) is 0 Å². The maximum Gasteiger partial charge on any atom is 0.268 e. The molecule has 0 saturated carbocycles. The Hall–Kier alpha value is -3.15. The molecular formula is C20H22N4O2. The number of aromatic amines is 1. The first-order chi connectivity index (χ1) is 12.4. The Labute approximate surface area is 152 Å². The van der Waals surface area contributed by atoms with Gasteiger partial charge in [0.25, 0.3) is 5.91 Å². The second-order valence-corrected chi connectivity index (χ2v) is 6.39.